The van der Waals surface area contributed by atoms with E-state index < -0.39 is 0 Å². The monoisotopic (exact) mass is 263 g/mol. The fourth-order valence-corrected chi connectivity index (χ4v) is 2.30. The predicted octanol–water partition coefficient (Wildman–Crippen LogP) is 4.18. The van der Waals surface area contributed by atoms with E-state index >= 15 is 0 Å². The molecular weight excluding hydrogens is 246 g/mol. The van der Waals surface area contributed by atoms with Crippen molar-refractivity contribution in [2.75, 3.05) is 11.1 Å². The summed E-state index contributed by atoms with van der Waals surface area (Å²) in [4.78, 5) is 4.36. The number of nitrogens with one attached hydrogen (secondary N) is 1. The minimum absolute atomic E-state index is 0.657. The van der Waals surface area contributed by atoms with Crippen LogP contribution >= 0.6 is 0 Å². The molecule has 0 fully saturated rings. The Labute approximate surface area is 118 Å². The van der Waals surface area contributed by atoms with Crippen molar-refractivity contribution in [1.29, 1.82) is 0 Å². The molecule has 0 aliphatic heterocycles. The van der Waals surface area contributed by atoms with Crippen LogP contribution in [0, 0.1) is 13.8 Å². The molecule has 0 unspecified atom stereocenters. The van der Waals surface area contributed by atoms with E-state index in [2.05, 4.69) is 42.3 Å². The molecule has 0 amide bonds. The van der Waals surface area contributed by atoms with Crippen molar-refractivity contribution in [3.63, 3.8) is 0 Å². The zero-order chi connectivity index (χ0) is 14.1. The van der Waals surface area contributed by atoms with Crippen LogP contribution in [-0.4, -0.2) is 4.98 Å². The number of rotatable bonds is 2. The maximum absolute atomic E-state index is 6.10. The van der Waals surface area contributed by atoms with Crippen molar-refractivity contribution in [3.8, 4) is 0 Å². The number of anilines is 3. The van der Waals surface area contributed by atoms with Crippen molar-refractivity contribution >= 4 is 28.0 Å². The lowest BCUT2D eigenvalue weighted by molar-refractivity contribution is 1.37. The van der Waals surface area contributed by atoms with Crippen LogP contribution in [0.25, 0.3) is 10.9 Å². The van der Waals surface area contributed by atoms with Gasteiger partial charge in [-0.05, 0) is 37.1 Å². The minimum Gasteiger partial charge on any atom is -0.396 e. The first kappa shape index (κ1) is 12.5. The highest BCUT2D eigenvalue weighted by atomic mass is 14.9. The predicted molar refractivity (Wildman–Crippen MR) is 85.4 cm³/mol. The first-order chi connectivity index (χ1) is 9.65. The molecule has 20 heavy (non-hydrogen) atoms. The third kappa shape index (κ3) is 2.18. The second-order valence-electron chi connectivity index (χ2n) is 5.05. The third-order valence-corrected chi connectivity index (χ3v) is 3.46. The van der Waals surface area contributed by atoms with Crippen molar-refractivity contribution in [1.82, 2.24) is 4.98 Å². The van der Waals surface area contributed by atoms with Crippen molar-refractivity contribution < 1.29 is 0 Å². The Hall–Kier alpha value is -2.55. The Kier molecular flexibility index (Phi) is 3.03. The molecular formula is C17H17N3. The normalized spacial score (nSPS) is 10.7. The highest BCUT2D eigenvalue weighted by Gasteiger charge is 2.08. The Morgan fingerprint density at radius 3 is 2.70 bits per heavy atom. The molecule has 0 saturated heterocycles. The van der Waals surface area contributed by atoms with Gasteiger partial charge in [-0.3, -0.25) is 4.98 Å². The maximum atomic E-state index is 6.10. The number of hydrogen-bond donors (Lipinski definition) is 2. The van der Waals surface area contributed by atoms with Gasteiger partial charge in [-0.1, -0.05) is 30.3 Å². The van der Waals surface area contributed by atoms with Crippen molar-refractivity contribution in [3.05, 3.63) is 59.8 Å². The fourth-order valence-electron chi connectivity index (χ4n) is 2.30. The standard InChI is InChI=1S/C17H17N3/c1-11-7-8-12(2)16(9-11)20-17-13-5-3-4-6-15(13)19-10-14(17)18/h3-10H,18H2,1-2H3,(H,19,20). The van der Waals surface area contributed by atoms with Crippen LogP contribution < -0.4 is 11.1 Å². The summed E-state index contributed by atoms with van der Waals surface area (Å²) in [7, 11) is 0. The number of nitrogens with two attached hydrogens (primary N) is 1. The highest BCUT2D eigenvalue weighted by molar-refractivity contribution is 5.98. The zero-order valence-electron chi connectivity index (χ0n) is 11.6. The third-order valence-electron chi connectivity index (χ3n) is 3.46. The van der Waals surface area contributed by atoms with Gasteiger partial charge in [-0.25, -0.2) is 0 Å². The molecule has 2 aromatic carbocycles. The summed E-state index contributed by atoms with van der Waals surface area (Å²) in [6.07, 6.45) is 1.70. The summed E-state index contributed by atoms with van der Waals surface area (Å²) >= 11 is 0. The summed E-state index contributed by atoms with van der Waals surface area (Å²) in [5, 5.41) is 4.49. The molecule has 3 nitrogen and oxygen atoms in total. The van der Waals surface area contributed by atoms with Crippen LogP contribution in [0.2, 0.25) is 0 Å². The Morgan fingerprint density at radius 1 is 1.05 bits per heavy atom. The Balaban J connectivity index is 2.15. The average molecular weight is 263 g/mol. The molecule has 0 bridgehead atoms. The molecule has 1 heterocycles. The first-order valence-corrected chi connectivity index (χ1v) is 6.62. The van der Waals surface area contributed by atoms with Gasteiger partial charge in [0.25, 0.3) is 0 Å². The molecule has 0 aliphatic carbocycles. The SMILES string of the molecule is Cc1ccc(C)c(Nc2c(N)cnc3ccccc23)c1. The van der Waals surface area contributed by atoms with Crippen molar-refractivity contribution in [2.45, 2.75) is 13.8 Å². The Bertz CT molecular complexity index is 778. The molecule has 3 heteroatoms. The smallest absolute Gasteiger partial charge is 0.0746 e. The van der Waals surface area contributed by atoms with E-state index in [1.807, 2.05) is 24.3 Å². The van der Waals surface area contributed by atoms with Gasteiger partial charge in [0, 0.05) is 11.1 Å². The number of para-hydroxylation sites is 1. The van der Waals surface area contributed by atoms with E-state index in [-0.39, 0.29) is 0 Å². The number of nitrogen functional groups attached to an aromatic ring is 1. The summed E-state index contributed by atoms with van der Waals surface area (Å²) in [5.41, 5.74) is 12.1. The van der Waals surface area contributed by atoms with E-state index in [0.29, 0.717) is 5.69 Å². The quantitative estimate of drug-likeness (QED) is 0.729. The van der Waals surface area contributed by atoms with Gasteiger partial charge in [-0.2, -0.15) is 0 Å². The molecule has 100 valence electrons. The highest BCUT2D eigenvalue weighted by Crippen LogP contribution is 2.31. The largest absolute Gasteiger partial charge is 0.396 e. The molecule has 0 aliphatic rings. The maximum Gasteiger partial charge on any atom is 0.0746 e. The van der Waals surface area contributed by atoms with Gasteiger partial charge in [0.2, 0.25) is 0 Å². The van der Waals surface area contributed by atoms with Crippen LogP contribution in [0.1, 0.15) is 11.1 Å². The van der Waals surface area contributed by atoms with Crippen LogP contribution in [0.5, 0.6) is 0 Å². The lowest BCUT2D eigenvalue weighted by atomic mass is 10.1. The zero-order valence-corrected chi connectivity index (χ0v) is 11.6. The van der Waals surface area contributed by atoms with Gasteiger partial charge in [-0.15, -0.1) is 0 Å². The lowest BCUT2D eigenvalue weighted by Gasteiger charge is -2.14. The van der Waals surface area contributed by atoms with Gasteiger partial charge in [0.1, 0.15) is 0 Å². The van der Waals surface area contributed by atoms with Gasteiger partial charge in [0.15, 0.2) is 0 Å². The molecule has 0 spiro atoms. The number of hydrogen-bond acceptors (Lipinski definition) is 3. The number of aryl methyl sites for hydroxylation is 2. The molecule has 1 aromatic heterocycles. The molecule has 0 saturated carbocycles. The number of nitrogens with zero attached hydrogens (tertiary/aromatic N) is 1. The van der Waals surface area contributed by atoms with Crippen LogP contribution in [0.4, 0.5) is 17.1 Å². The Morgan fingerprint density at radius 2 is 1.85 bits per heavy atom. The summed E-state index contributed by atoms with van der Waals surface area (Å²) in [5.74, 6) is 0. The second kappa shape index (κ2) is 4.85. The molecule has 0 atom stereocenters. The molecule has 0 radical (unpaired) electrons. The fraction of sp³-hybridized carbons (Fsp3) is 0.118. The van der Waals surface area contributed by atoms with E-state index in [1.54, 1.807) is 6.20 Å². The second-order valence-corrected chi connectivity index (χ2v) is 5.05. The van der Waals surface area contributed by atoms with Crippen LogP contribution in [0.15, 0.2) is 48.7 Å². The number of benzene rings is 2. The average Bonchev–Trinajstić information content (AvgIpc) is 2.46. The van der Waals surface area contributed by atoms with E-state index in [4.69, 9.17) is 5.73 Å². The summed E-state index contributed by atoms with van der Waals surface area (Å²) < 4.78 is 0. The molecule has 3 rings (SSSR count). The molecule has 3 N–H and O–H groups in total. The van der Waals surface area contributed by atoms with E-state index in [0.717, 1.165) is 22.3 Å². The van der Waals surface area contributed by atoms with Crippen LogP contribution in [-0.2, 0) is 0 Å². The van der Waals surface area contributed by atoms with Crippen LogP contribution in [0.3, 0.4) is 0 Å². The van der Waals surface area contributed by atoms with E-state index in [9.17, 15) is 0 Å². The number of fused-ring (bicyclic) bond motifs is 1. The van der Waals surface area contributed by atoms with Crippen molar-refractivity contribution in [2.24, 2.45) is 0 Å². The van der Waals surface area contributed by atoms with Gasteiger partial charge in [0.05, 0.1) is 23.1 Å². The van der Waals surface area contributed by atoms with Gasteiger partial charge >= 0.3 is 0 Å². The number of pyridine rings is 1. The summed E-state index contributed by atoms with van der Waals surface area (Å²) in [6.45, 7) is 4.17. The molecule has 3 aromatic rings. The topological polar surface area (TPSA) is 50.9 Å². The van der Waals surface area contributed by atoms with E-state index in [1.165, 1.54) is 11.1 Å². The summed E-state index contributed by atoms with van der Waals surface area (Å²) in [6, 6.07) is 14.3. The first-order valence-electron chi connectivity index (χ1n) is 6.62. The lowest BCUT2D eigenvalue weighted by Crippen LogP contribution is -2.00. The van der Waals surface area contributed by atoms with Gasteiger partial charge < -0.3 is 11.1 Å². The number of aromatic nitrogens is 1. The minimum atomic E-state index is 0.657.